The molecule has 1 saturated heterocycles. The summed E-state index contributed by atoms with van der Waals surface area (Å²) < 4.78 is 44.0. The Labute approximate surface area is 185 Å². The number of halogens is 4. The zero-order valence-corrected chi connectivity index (χ0v) is 18.8. The van der Waals surface area contributed by atoms with Crippen molar-refractivity contribution in [1.82, 2.24) is 20.5 Å². The highest BCUT2D eigenvalue weighted by Crippen LogP contribution is 2.34. The van der Waals surface area contributed by atoms with Crippen molar-refractivity contribution in [3.05, 3.63) is 23.9 Å². The van der Waals surface area contributed by atoms with E-state index in [9.17, 15) is 18.0 Å². The summed E-state index contributed by atoms with van der Waals surface area (Å²) in [5.74, 6) is 0.634. The van der Waals surface area contributed by atoms with E-state index in [4.69, 9.17) is 4.74 Å². The van der Waals surface area contributed by atoms with E-state index in [1.807, 2.05) is 0 Å². The molecule has 1 amide bonds. The fourth-order valence-electron chi connectivity index (χ4n) is 3.08. The van der Waals surface area contributed by atoms with E-state index in [0.717, 1.165) is 32.0 Å². The maximum absolute atomic E-state index is 12.9. The highest BCUT2D eigenvalue weighted by Gasteiger charge is 2.35. The molecule has 1 fully saturated rings. The highest BCUT2D eigenvalue weighted by atomic mass is 127. The second-order valence-corrected chi connectivity index (χ2v) is 6.48. The molecule has 0 aliphatic carbocycles. The van der Waals surface area contributed by atoms with Crippen LogP contribution in [0.25, 0.3) is 0 Å². The summed E-state index contributed by atoms with van der Waals surface area (Å²) in [4.78, 5) is 21.4. The molecule has 0 saturated carbocycles. The first kappa shape index (κ1) is 25.2. The molecule has 1 aliphatic heterocycles. The average Bonchev–Trinajstić information content (AvgIpc) is 2.68. The Kier molecular flexibility index (Phi) is 10.5. The molecule has 164 valence electrons. The van der Waals surface area contributed by atoms with Gasteiger partial charge in [0.25, 0.3) is 0 Å². The van der Waals surface area contributed by atoms with E-state index >= 15 is 0 Å². The number of guanidine groups is 1. The topological polar surface area (TPSA) is 78.9 Å². The van der Waals surface area contributed by atoms with Crippen molar-refractivity contribution in [2.75, 3.05) is 40.3 Å². The number of nitrogens with one attached hydrogen (secondary N) is 2. The molecule has 2 heterocycles. The van der Waals surface area contributed by atoms with Gasteiger partial charge in [-0.15, -0.1) is 24.0 Å². The van der Waals surface area contributed by atoms with Gasteiger partial charge < -0.3 is 20.3 Å². The molecule has 1 aromatic rings. The lowest BCUT2D eigenvalue weighted by molar-refractivity contribution is -0.139. The Morgan fingerprint density at radius 2 is 2.07 bits per heavy atom. The van der Waals surface area contributed by atoms with Crippen molar-refractivity contribution in [3.8, 4) is 5.88 Å². The molecule has 0 atom stereocenters. The van der Waals surface area contributed by atoms with Crippen LogP contribution in [0.4, 0.5) is 13.2 Å². The van der Waals surface area contributed by atoms with Crippen LogP contribution in [0, 0.1) is 5.92 Å². The van der Waals surface area contributed by atoms with Crippen LogP contribution in [0.5, 0.6) is 5.88 Å². The van der Waals surface area contributed by atoms with E-state index in [1.165, 1.54) is 12.3 Å². The molecule has 0 spiro atoms. The summed E-state index contributed by atoms with van der Waals surface area (Å²) in [6.45, 7) is 1.84. The third kappa shape index (κ3) is 7.86. The molecule has 0 radical (unpaired) electrons. The van der Waals surface area contributed by atoms with Crippen LogP contribution in [0.15, 0.2) is 23.3 Å². The van der Waals surface area contributed by atoms with Crippen molar-refractivity contribution in [2.24, 2.45) is 10.9 Å². The van der Waals surface area contributed by atoms with Crippen LogP contribution >= 0.6 is 24.0 Å². The molecule has 7 nitrogen and oxygen atoms in total. The number of aliphatic imine (C=N–C) groups is 1. The van der Waals surface area contributed by atoms with Gasteiger partial charge in [-0.25, -0.2) is 4.98 Å². The lowest BCUT2D eigenvalue weighted by Gasteiger charge is -2.34. The summed E-state index contributed by atoms with van der Waals surface area (Å²) in [6.07, 6.45) is -0.956. The van der Waals surface area contributed by atoms with Crippen LogP contribution in [-0.4, -0.2) is 62.1 Å². The number of aromatic nitrogens is 1. The lowest BCUT2D eigenvalue weighted by atomic mass is 9.93. The minimum Gasteiger partial charge on any atom is -0.475 e. The number of rotatable bonds is 6. The first-order valence-corrected chi connectivity index (χ1v) is 9.16. The van der Waals surface area contributed by atoms with Gasteiger partial charge in [-0.3, -0.25) is 9.79 Å². The van der Waals surface area contributed by atoms with Crippen LogP contribution in [-0.2, 0) is 11.0 Å². The number of piperidine rings is 1. The van der Waals surface area contributed by atoms with Crippen LogP contribution in [0.3, 0.4) is 0 Å². The van der Waals surface area contributed by atoms with Gasteiger partial charge in [-0.05, 0) is 30.9 Å². The lowest BCUT2D eigenvalue weighted by Crippen LogP contribution is -2.47. The van der Waals surface area contributed by atoms with E-state index in [1.54, 1.807) is 14.1 Å². The number of nitrogens with zero attached hydrogens (tertiary/aromatic N) is 3. The minimum atomic E-state index is -4.51. The van der Waals surface area contributed by atoms with Crippen LogP contribution < -0.4 is 15.4 Å². The normalized spacial score (nSPS) is 15.5. The summed E-state index contributed by atoms with van der Waals surface area (Å²) >= 11 is 0. The molecule has 0 bridgehead atoms. The second kappa shape index (κ2) is 12.0. The Balaban J connectivity index is 0.00000420. The summed E-state index contributed by atoms with van der Waals surface area (Å²) in [5, 5.41) is 5.74. The zero-order valence-electron chi connectivity index (χ0n) is 16.5. The van der Waals surface area contributed by atoms with E-state index in [2.05, 4.69) is 25.5 Å². The highest BCUT2D eigenvalue weighted by molar-refractivity contribution is 14.0. The fraction of sp³-hybridized carbons (Fsp3) is 0.611. The standard InChI is InChI=1S/C18H26F3N5O2.HI/c1-22-15(27)12-13-5-9-26(10-6-13)17(23-2)25-8-11-28-16-14(18(19,20)21)4-3-7-24-16;/h3-4,7,13H,5-6,8-12H2,1-2H3,(H,22,27)(H,23,25);1H. The van der Waals surface area contributed by atoms with Crippen molar-refractivity contribution in [1.29, 1.82) is 0 Å². The SMILES string of the molecule is CN=C(NCCOc1ncccc1C(F)(F)F)N1CCC(CC(=O)NC)CC1.I. The van der Waals surface area contributed by atoms with Crippen LogP contribution in [0.2, 0.25) is 0 Å². The van der Waals surface area contributed by atoms with Gasteiger partial charge in [0.2, 0.25) is 11.8 Å². The Morgan fingerprint density at radius 1 is 1.38 bits per heavy atom. The predicted molar refractivity (Wildman–Crippen MR) is 114 cm³/mol. The van der Waals surface area contributed by atoms with Gasteiger partial charge in [0.1, 0.15) is 12.2 Å². The molecule has 2 N–H and O–H groups in total. The number of carbonyl (C=O) groups is 1. The molecule has 0 aromatic carbocycles. The number of alkyl halides is 3. The summed E-state index contributed by atoms with van der Waals surface area (Å²) in [5.41, 5.74) is -0.891. The minimum absolute atomic E-state index is 0. The number of hydrogen-bond acceptors (Lipinski definition) is 4. The molecule has 1 aliphatic rings. The second-order valence-electron chi connectivity index (χ2n) is 6.48. The maximum atomic E-state index is 12.9. The van der Waals surface area contributed by atoms with Crippen molar-refractivity contribution >= 4 is 35.8 Å². The Bertz CT molecular complexity index is 680. The molecule has 2 rings (SSSR count). The van der Waals surface area contributed by atoms with Crippen molar-refractivity contribution in [3.63, 3.8) is 0 Å². The van der Waals surface area contributed by atoms with E-state index in [0.29, 0.717) is 24.8 Å². The molecule has 0 unspecified atom stereocenters. The number of likely N-dealkylation sites (tertiary alicyclic amines) is 1. The molecular formula is C18H27F3IN5O2. The smallest absolute Gasteiger partial charge is 0.421 e. The van der Waals surface area contributed by atoms with E-state index < -0.39 is 17.6 Å². The van der Waals surface area contributed by atoms with Crippen LogP contribution in [0.1, 0.15) is 24.8 Å². The van der Waals surface area contributed by atoms with Gasteiger partial charge in [-0.2, -0.15) is 13.2 Å². The average molecular weight is 529 g/mol. The maximum Gasteiger partial charge on any atom is 0.421 e. The quantitative estimate of drug-likeness (QED) is 0.257. The van der Waals surface area contributed by atoms with E-state index in [-0.39, 0.29) is 36.5 Å². The molecular weight excluding hydrogens is 502 g/mol. The fourth-order valence-corrected chi connectivity index (χ4v) is 3.08. The first-order chi connectivity index (χ1) is 13.3. The molecule has 1 aromatic heterocycles. The van der Waals surface area contributed by atoms with Gasteiger partial charge in [0, 0.05) is 39.8 Å². The van der Waals surface area contributed by atoms with Crippen molar-refractivity contribution < 1.29 is 22.7 Å². The number of carbonyl (C=O) groups excluding carboxylic acids is 1. The van der Waals surface area contributed by atoms with Crippen molar-refractivity contribution in [2.45, 2.75) is 25.4 Å². The largest absolute Gasteiger partial charge is 0.475 e. The number of amides is 1. The van der Waals surface area contributed by atoms with Gasteiger partial charge in [-0.1, -0.05) is 0 Å². The Morgan fingerprint density at radius 3 is 2.66 bits per heavy atom. The van der Waals surface area contributed by atoms with Gasteiger partial charge >= 0.3 is 6.18 Å². The zero-order chi connectivity index (χ0) is 20.6. The van der Waals surface area contributed by atoms with Gasteiger partial charge in [0.15, 0.2) is 5.96 Å². The predicted octanol–water partition coefficient (Wildman–Crippen LogP) is 2.52. The molecule has 29 heavy (non-hydrogen) atoms. The monoisotopic (exact) mass is 529 g/mol. The number of pyridine rings is 1. The Hall–Kier alpha value is -1.79. The molecule has 11 heteroatoms. The third-order valence-electron chi connectivity index (χ3n) is 4.58. The van der Waals surface area contributed by atoms with Gasteiger partial charge in [0.05, 0.1) is 6.54 Å². The third-order valence-corrected chi connectivity index (χ3v) is 4.58. The summed E-state index contributed by atoms with van der Waals surface area (Å²) in [6, 6.07) is 2.17. The summed E-state index contributed by atoms with van der Waals surface area (Å²) in [7, 11) is 3.29. The first-order valence-electron chi connectivity index (χ1n) is 9.16. The number of ether oxygens (including phenoxy) is 1. The number of hydrogen-bond donors (Lipinski definition) is 2.